The molecule has 0 radical (unpaired) electrons. The molecule has 2 aromatic carbocycles. The Morgan fingerprint density at radius 2 is 1.73 bits per heavy atom. The van der Waals surface area contributed by atoms with Gasteiger partial charge in [0.15, 0.2) is 12.4 Å². The Labute approximate surface area is 175 Å². The third-order valence-corrected chi connectivity index (χ3v) is 5.08. The maximum atomic E-state index is 12.5. The molecule has 4 rings (SSSR count). The predicted molar refractivity (Wildman–Crippen MR) is 114 cm³/mol. The molecule has 0 saturated heterocycles. The molecule has 0 atom stereocenters. The van der Waals surface area contributed by atoms with Gasteiger partial charge >= 0.3 is 5.97 Å². The first-order valence-corrected chi connectivity index (χ1v) is 10.0. The fourth-order valence-electron chi connectivity index (χ4n) is 3.55. The van der Waals surface area contributed by atoms with E-state index in [1.54, 1.807) is 18.2 Å². The van der Waals surface area contributed by atoms with Crippen LogP contribution in [0.4, 0.5) is 5.69 Å². The maximum absolute atomic E-state index is 12.5. The van der Waals surface area contributed by atoms with Crippen LogP contribution in [0.1, 0.15) is 40.6 Å². The molecular weight excluding hydrogens is 380 g/mol. The molecule has 0 spiro atoms. The average molecular weight is 404 g/mol. The van der Waals surface area contributed by atoms with Gasteiger partial charge in [0.05, 0.1) is 11.3 Å². The van der Waals surface area contributed by atoms with Crippen molar-refractivity contribution in [2.45, 2.75) is 32.7 Å². The molecule has 154 valence electrons. The van der Waals surface area contributed by atoms with E-state index in [-0.39, 0.29) is 6.61 Å². The summed E-state index contributed by atoms with van der Waals surface area (Å²) >= 11 is 0. The van der Waals surface area contributed by atoms with Crippen molar-refractivity contribution in [3.8, 4) is 11.5 Å². The van der Waals surface area contributed by atoms with Gasteiger partial charge in [-0.1, -0.05) is 30.3 Å². The zero-order valence-electron chi connectivity index (χ0n) is 17.1. The van der Waals surface area contributed by atoms with Gasteiger partial charge in [-0.3, -0.25) is 4.79 Å². The van der Waals surface area contributed by atoms with Crippen molar-refractivity contribution in [2.24, 2.45) is 0 Å². The van der Waals surface area contributed by atoms with E-state index in [1.807, 2.05) is 56.3 Å². The Morgan fingerprint density at radius 1 is 1.03 bits per heavy atom. The minimum absolute atomic E-state index is 0.369. The van der Waals surface area contributed by atoms with Crippen LogP contribution in [-0.4, -0.2) is 23.1 Å². The molecule has 3 aromatic rings. The number of hydrogen-bond donors (Lipinski definition) is 1. The summed E-state index contributed by atoms with van der Waals surface area (Å²) in [6.07, 6.45) is 2.27. The van der Waals surface area contributed by atoms with Crippen molar-refractivity contribution in [3.05, 3.63) is 77.6 Å². The second-order valence-corrected chi connectivity index (χ2v) is 7.42. The lowest BCUT2D eigenvalue weighted by Gasteiger charge is -2.12. The lowest BCUT2D eigenvalue weighted by molar-refractivity contribution is -0.119. The number of amides is 1. The number of carbonyl (C=O) groups is 2. The van der Waals surface area contributed by atoms with Crippen LogP contribution in [0, 0.1) is 13.8 Å². The minimum atomic E-state index is -0.487. The van der Waals surface area contributed by atoms with Crippen LogP contribution < -0.4 is 10.1 Å². The summed E-state index contributed by atoms with van der Waals surface area (Å²) in [5, 5.41) is 2.75. The quantitative estimate of drug-likeness (QED) is 0.561. The van der Waals surface area contributed by atoms with Gasteiger partial charge in [-0.2, -0.15) is 0 Å². The summed E-state index contributed by atoms with van der Waals surface area (Å²) in [4.78, 5) is 24.9. The fraction of sp³-hybridized carbons (Fsp3) is 0.250. The third-order valence-electron chi connectivity index (χ3n) is 5.08. The first kappa shape index (κ1) is 19.8. The zero-order valence-corrected chi connectivity index (χ0v) is 17.1. The van der Waals surface area contributed by atoms with E-state index in [4.69, 9.17) is 9.47 Å². The van der Waals surface area contributed by atoms with Gasteiger partial charge < -0.3 is 19.4 Å². The maximum Gasteiger partial charge on any atom is 0.340 e. The van der Waals surface area contributed by atoms with E-state index in [1.165, 1.54) is 0 Å². The van der Waals surface area contributed by atoms with Crippen molar-refractivity contribution in [3.63, 3.8) is 0 Å². The monoisotopic (exact) mass is 404 g/mol. The summed E-state index contributed by atoms with van der Waals surface area (Å²) in [6, 6.07) is 18.7. The Kier molecular flexibility index (Phi) is 5.57. The Morgan fingerprint density at radius 3 is 2.47 bits per heavy atom. The standard InChI is InChI=1S/C24H24N2O4/c1-16-14-20(17(2)26(16)18-12-13-18)24(28)29-15-23(27)25-21-10-6-7-11-22(21)30-19-8-4-3-5-9-19/h3-11,14,18H,12-13,15H2,1-2H3,(H,25,27). The highest BCUT2D eigenvalue weighted by Crippen LogP contribution is 2.38. The highest BCUT2D eigenvalue weighted by Gasteiger charge is 2.28. The zero-order chi connectivity index (χ0) is 21.1. The van der Waals surface area contributed by atoms with Crippen LogP contribution in [0.2, 0.25) is 0 Å². The van der Waals surface area contributed by atoms with Gasteiger partial charge in [0.25, 0.3) is 5.91 Å². The van der Waals surface area contributed by atoms with Crippen LogP contribution in [-0.2, 0) is 9.53 Å². The molecule has 30 heavy (non-hydrogen) atoms. The van der Waals surface area contributed by atoms with E-state index in [2.05, 4.69) is 9.88 Å². The van der Waals surface area contributed by atoms with E-state index in [0.29, 0.717) is 28.8 Å². The van der Waals surface area contributed by atoms with Crippen LogP contribution in [0.15, 0.2) is 60.7 Å². The van der Waals surface area contributed by atoms with Gasteiger partial charge in [0.1, 0.15) is 5.75 Å². The molecule has 1 aromatic heterocycles. The lowest BCUT2D eigenvalue weighted by Crippen LogP contribution is -2.21. The molecule has 1 amide bonds. The Hall–Kier alpha value is -3.54. The van der Waals surface area contributed by atoms with Gasteiger partial charge in [-0.25, -0.2) is 4.79 Å². The second kappa shape index (κ2) is 8.45. The number of ether oxygens (including phenoxy) is 2. The van der Waals surface area contributed by atoms with E-state index < -0.39 is 11.9 Å². The first-order valence-electron chi connectivity index (χ1n) is 10.0. The van der Waals surface area contributed by atoms with Crippen LogP contribution in [0.3, 0.4) is 0 Å². The van der Waals surface area contributed by atoms with Gasteiger partial charge in [-0.05, 0) is 57.0 Å². The minimum Gasteiger partial charge on any atom is -0.455 e. The Balaban J connectivity index is 1.38. The number of aryl methyl sites for hydroxylation is 1. The predicted octanol–water partition coefficient (Wildman–Crippen LogP) is 5.03. The SMILES string of the molecule is Cc1cc(C(=O)OCC(=O)Nc2ccccc2Oc2ccccc2)c(C)n1C1CC1. The van der Waals surface area contributed by atoms with Gasteiger partial charge in [0, 0.05) is 17.4 Å². The van der Waals surface area contributed by atoms with Crippen LogP contribution in [0.25, 0.3) is 0 Å². The molecular formula is C24H24N2O4. The number of para-hydroxylation sites is 3. The molecule has 1 fully saturated rings. The summed E-state index contributed by atoms with van der Waals surface area (Å²) in [5.41, 5.74) is 2.95. The third kappa shape index (κ3) is 4.38. The second-order valence-electron chi connectivity index (χ2n) is 7.42. The van der Waals surface area contributed by atoms with Crippen molar-refractivity contribution >= 4 is 17.6 Å². The summed E-state index contributed by atoms with van der Waals surface area (Å²) < 4.78 is 13.3. The lowest BCUT2D eigenvalue weighted by atomic mass is 10.2. The summed E-state index contributed by atoms with van der Waals surface area (Å²) in [5.74, 6) is 0.260. The highest BCUT2D eigenvalue weighted by molar-refractivity contribution is 5.97. The Bertz CT molecular complexity index is 1070. The average Bonchev–Trinajstić information content (AvgIpc) is 3.53. The summed E-state index contributed by atoms with van der Waals surface area (Å²) in [6.45, 7) is 3.53. The number of aromatic nitrogens is 1. The molecule has 1 saturated carbocycles. The molecule has 0 bridgehead atoms. The van der Waals surface area contributed by atoms with E-state index in [9.17, 15) is 9.59 Å². The van der Waals surface area contributed by atoms with Gasteiger partial charge in [-0.15, -0.1) is 0 Å². The largest absolute Gasteiger partial charge is 0.455 e. The molecule has 0 unspecified atom stereocenters. The van der Waals surface area contributed by atoms with Crippen molar-refractivity contribution < 1.29 is 19.1 Å². The topological polar surface area (TPSA) is 69.6 Å². The molecule has 1 aliphatic rings. The first-order chi connectivity index (χ1) is 14.5. The van der Waals surface area contributed by atoms with Crippen molar-refractivity contribution in [2.75, 3.05) is 11.9 Å². The molecule has 6 heteroatoms. The number of esters is 1. The molecule has 1 aliphatic carbocycles. The smallest absolute Gasteiger partial charge is 0.340 e. The van der Waals surface area contributed by atoms with Crippen LogP contribution >= 0.6 is 0 Å². The highest BCUT2D eigenvalue weighted by atomic mass is 16.5. The van der Waals surface area contributed by atoms with Crippen molar-refractivity contribution in [1.82, 2.24) is 4.57 Å². The summed E-state index contributed by atoms with van der Waals surface area (Å²) in [7, 11) is 0. The number of anilines is 1. The normalized spacial score (nSPS) is 13.0. The van der Waals surface area contributed by atoms with E-state index in [0.717, 1.165) is 24.2 Å². The number of nitrogens with one attached hydrogen (secondary N) is 1. The van der Waals surface area contributed by atoms with E-state index >= 15 is 0 Å². The molecule has 1 heterocycles. The van der Waals surface area contributed by atoms with Crippen LogP contribution in [0.5, 0.6) is 11.5 Å². The molecule has 0 aliphatic heterocycles. The number of nitrogens with zero attached hydrogens (tertiary/aromatic N) is 1. The molecule has 6 nitrogen and oxygen atoms in total. The number of hydrogen-bond acceptors (Lipinski definition) is 4. The number of benzene rings is 2. The van der Waals surface area contributed by atoms with Crippen molar-refractivity contribution in [1.29, 1.82) is 0 Å². The van der Waals surface area contributed by atoms with Gasteiger partial charge in [0.2, 0.25) is 0 Å². The molecule has 1 N–H and O–H groups in total. The number of rotatable bonds is 7. The number of carbonyl (C=O) groups excluding carboxylic acids is 2. The fourth-order valence-corrected chi connectivity index (χ4v) is 3.55.